The lowest BCUT2D eigenvalue weighted by Crippen LogP contribution is -2.41. The topological polar surface area (TPSA) is 107 Å². The first-order chi connectivity index (χ1) is 12.2. The second kappa shape index (κ2) is 7.53. The largest absolute Gasteiger partial charge is 0.350 e. The summed E-state index contributed by atoms with van der Waals surface area (Å²) in [7, 11) is -3.19. The lowest BCUT2D eigenvalue weighted by Gasteiger charge is -2.14. The summed E-state index contributed by atoms with van der Waals surface area (Å²) in [5.41, 5.74) is 3.09. The van der Waals surface area contributed by atoms with E-state index < -0.39 is 21.3 Å². The van der Waals surface area contributed by atoms with E-state index in [2.05, 4.69) is 20.8 Å². The van der Waals surface area contributed by atoms with Crippen LogP contribution >= 0.6 is 23.4 Å². The molecule has 1 amide bonds. The van der Waals surface area contributed by atoms with Crippen molar-refractivity contribution in [1.29, 1.82) is 0 Å². The number of aryl methyl sites for hydroxylation is 2. The van der Waals surface area contributed by atoms with E-state index >= 15 is 0 Å². The molecule has 1 aliphatic heterocycles. The number of nitrogens with one attached hydrogen (secondary N) is 1. The Morgan fingerprint density at radius 1 is 1.35 bits per heavy atom. The molecular formula is C15H18ClN5O3S2. The predicted molar refractivity (Wildman–Crippen MR) is 99.6 cm³/mol. The smallest absolute Gasteiger partial charge is 0.230 e. The highest BCUT2D eigenvalue weighted by molar-refractivity contribution is 7.99. The third kappa shape index (κ3) is 4.36. The van der Waals surface area contributed by atoms with Crippen LogP contribution in [-0.4, -0.2) is 63.2 Å². The number of halogens is 1. The first-order valence-corrected chi connectivity index (χ1v) is 11.1. The highest BCUT2D eigenvalue weighted by Crippen LogP contribution is 2.21. The molecule has 0 bridgehead atoms. The van der Waals surface area contributed by atoms with E-state index in [0.29, 0.717) is 5.16 Å². The summed E-state index contributed by atoms with van der Waals surface area (Å²) in [4.78, 5) is 12.1. The van der Waals surface area contributed by atoms with Gasteiger partial charge in [0.15, 0.2) is 9.84 Å². The molecule has 1 saturated heterocycles. The number of amides is 1. The van der Waals surface area contributed by atoms with Crippen LogP contribution < -0.4 is 5.32 Å². The molecule has 2 aromatic rings. The number of tetrazole rings is 1. The van der Waals surface area contributed by atoms with Crippen molar-refractivity contribution >= 4 is 39.1 Å². The summed E-state index contributed by atoms with van der Waals surface area (Å²) in [6.07, 6.45) is 0. The average Bonchev–Trinajstić information content (AvgIpc) is 3.12. The van der Waals surface area contributed by atoms with E-state index in [0.717, 1.165) is 16.8 Å². The number of carbonyl (C=O) groups is 1. The van der Waals surface area contributed by atoms with Crippen molar-refractivity contribution in [2.75, 3.05) is 17.3 Å². The third-order valence-corrected chi connectivity index (χ3v) is 7.43. The predicted octanol–water partition coefficient (Wildman–Crippen LogP) is 0.892. The van der Waals surface area contributed by atoms with Crippen molar-refractivity contribution in [2.45, 2.75) is 30.4 Å². The van der Waals surface area contributed by atoms with E-state index in [-0.39, 0.29) is 23.2 Å². The summed E-state index contributed by atoms with van der Waals surface area (Å²) < 4.78 is 24.7. The van der Waals surface area contributed by atoms with Gasteiger partial charge in [0, 0.05) is 0 Å². The average molecular weight is 416 g/mol. The van der Waals surface area contributed by atoms with Crippen molar-refractivity contribution in [3.05, 3.63) is 29.3 Å². The number of alkyl halides is 1. The molecule has 1 aromatic carbocycles. The van der Waals surface area contributed by atoms with Crippen molar-refractivity contribution in [1.82, 2.24) is 25.5 Å². The maximum Gasteiger partial charge on any atom is 0.230 e. The maximum absolute atomic E-state index is 12.1. The number of aromatic nitrogens is 4. The van der Waals surface area contributed by atoms with Gasteiger partial charge in [0.05, 0.1) is 34.4 Å². The van der Waals surface area contributed by atoms with Gasteiger partial charge >= 0.3 is 0 Å². The minimum atomic E-state index is -3.19. The standard InChI is InChI=1S/C15H18ClN5O3S2/c1-9-3-4-11(5-10(9)2)21-15(18-19-20-21)25-6-14(22)17-13-8-26(23,24)7-12(13)16/h3-5,12-13H,6-8H2,1-2H3,(H,17,22)/t12-,13+/m1/s1. The molecule has 0 unspecified atom stereocenters. The number of sulfone groups is 1. The minimum absolute atomic E-state index is 0.0609. The Bertz CT molecular complexity index is 931. The van der Waals surface area contributed by atoms with Gasteiger partial charge in [-0.3, -0.25) is 4.79 Å². The van der Waals surface area contributed by atoms with Crippen molar-refractivity contribution in [3.63, 3.8) is 0 Å². The van der Waals surface area contributed by atoms with Gasteiger partial charge in [0.2, 0.25) is 11.1 Å². The molecule has 3 rings (SSSR count). The van der Waals surface area contributed by atoms with Crippen LogP contribution in [0.3, 0.4) is 0 Å². The molecule has 11 heteroatoms. The summed E-state index contributed by atoms with van der Waals surface area (Å²) in [5.74, 6) is -0.488. The maximum atomic E-state index is 12.1. The Morgan fingerprint density at radius 2 is 2.12 bits per heavy atom. The summed E-state index contributed by atoms with van der Waals surface area (Å²) in [5, 5.41) is 14.1. The number of hydrogen-bond donors (Lipinski definition) is 1. The SMILES string of the molecule is Cc1ccc(-n2nnnc2SCC(=O)N[C@H]2CS(=O)(=O)C[C@H]2Cl)cc1C. The van der Waals surface area contributed by atoms with Crippen LogP contribution in [0, 0.1) is 13.8 Å². The van der Waals surface area contributed by atoms with Crippen LogP contribution in [0.15, 0.2) is 23.4 Å². The molecule has 1 aromatic heterocycles. The van der Waals surface area contributed by atoms with E-state index in [1.54, 1.807) is 4.68 Å². The number of rotatable bonds is 5. The molecule has 26 heavy (non-hydrogen) atoms. The third-order valence-electron chi connectivity index (χ3n) is 4.14. The van der Waals surface area contributed by atoms with Crippen molar-refractivity contribution in [2.24, 2.45) is 0 Å². The first-order valence-electron chi connectivity index (χ1n) is 7.88. The van der Waals surface area contributed by atoms with Crippen LogP contribution in [0.25, 0.3) is 5.69 Å². The van der Waals surface area contributed by atoms with Gasteiger partial charge in [-0.05, 0) is 47.5 Å². The molecule has 0 radical (unpaired) electrons. The second-order valence-electron chi connectivity index (χ2n) is 6.20. The minimum Gasteiger partial charge on any atom is -0.350 e. The molecule has 1 fully saturated rings. The van der Waals surface area contributed by atoms with Crippen molar-refractivity contribution < 1.29 is 13.2 Å². The zero-order valence-corrected chi connectivity index (χ0v) is 16.6. The number of thioether (sulfide) groups is 1. The quantitative estimate of drug-likeness (QED) is 0.570. The molecule has 1 aliphatic rings. The monoisotopic (exact) mass is 415 g/mol. The van der Waals surface area contributed by atoms with Crippen LogP contribution in [0.2, 0.25) is 0 Å². The molecule has 0 aliphatic carbocycles. The normalized spacial score (nSPS) is 21.7. The summed E-state index contributed by atoms with van der Waals surface area (Å²) in [6, 6.07) is 5.29. The van der Waals surface area contributed by atoms with Gasteiger partial charge in [-0.25, -0.2) is 8.42 Å². The Kier molecular flexibility index (Phi) is 5.54. The number of benzene rings is 1. The van der Waals surface area contributed by atoms with Crippen LogP contribution in [0.5, 0.6) is 0 Å². The number of nitrogens with zero attached hydrogens (tertiary/aromatic N) is 4. The fourth-order valence-electron chi connectivity index (χ4n) is 2.60. The Balaban J connectivity index is 1.63. The number of hydrogen-bond acceptors (Lipinski definition) is 7. The van der Waals surface area contributed by atoms with Crippen molar-refractivity contribution in [3.8, 4) is 5.69 Å². The Hall–Kier alpha value is -1.65. The summed E-state index contributed by atoms with van der Waals surface area (Å²) in [6.45, 7) is 4.02. The lowest BCUT2D eigenvalue weighted by molar-refractivity contribution is -0.119. The molecule has 0 saturated carbocycles. The van der Waals surface area contributed by atoms with E-state index in [4.69, 9.17) is 11.6 Å². The number of carbonyl (C=O) groups excluding carboxylic acids is 1. The zero-order valence-electron chi connectivity index (χ0n) is 14.2. The Morgan fingerprint density at radius 3 is 2.77 bits per heavy atom. The zero-order chi connectivity index (χ0) is 18.9. The molecular weight excluding hydrogens is 398 g/mol. The fourth-order valence-corrected chi connectivity index (χ4v) is 5.86. The van der Waals surface area contributed by atoms with E-state index in [9.17, 15) is 13.2 Å². The fraction of sp³-hybridized carbons (Fsp3) is 0.467. The van der Waals surface area contributed by atoms with Gasteiger partial charge in [-0.15, -0.1) is 16.7 Å². The van der Waals surface area contributed by atoms with E-state index in [1.165, 1.54) is 11.8 Å². The van der Waals surface area contributed by atoms with Gasteiger partial charge in [-0.1, -0.05) is 17.8 Å². The molecule has 140 valence electrons. The summed E-state index contributed by atoms with van der Waals surface area (Å²) >= 11 is 7.18. The molecule has 1 N–H and O–H groups in total. The molecule has 0 spiro atoms. The highest BCUT2D eigenvalue weighted by atomic mass is 35.5. The van der Waals surface area contributed by atoms with Gasteiger partial charge in [0.1, 0.15) is 0 Å². The van der Waals surface area contributed by atoms with Gasteiger partial charge < -0.3 is 5.32 Å². The lowest BCUT2D eigenvalue weighted by atomic mass is 10.1. The van der Waals surface area contributed by atoms with Crippen LogP contribution in [0.1, 0.15) is 11.1 Å². The molecule has 2 heterocycles. The van der Waals surface area contributed by atoms with Gasteiger partial charge in [-0.2, -0.15) is 4.68 Å². The van der Waals surface area contributed by atoms with Crippen LogP contribution in [0.4, 0.5) is 0 Å². The Labute approximate surface area is 160 Å². The second-order valence-corrected chi connectivity index (χ2v) is 9.85. The van der Waals surface area contributed by atoms with Crippen LogP contribution in [-0.2, 0) is 14.6 Å². The van der Waals surface area contributed by atoms with Gasteiger partial charge in [0.25, 0.3) is 0 Å². The molecule has 2 atom stereocenters. The highest BCUT2D eigenvalue weighted by Gasteiger charge is 2.37. The molecule has 8 nitrogen and oxygen atoms in total. The van der Waals surface area contributed by atoms with E-state index in [1.807, 2.05) is 32.0 Å². The first kappa shape index (κ1) is 19.1.